The molecule has 2 unspecified atom stereocenters. The van der Waals surface area contributed by atoms with Crippen LogP contribution in [0.25, 0.3) is 0 Å². The van der Waals surface area contributed by atoms with Crippen molar-refractivity contribution < 1.29 is 15.1 Å². The summed E-state index contributed by atoms with van der Waals surface area (Å²) in [5.74, 6) is 4.36. The summed E-state index contributed by atoms with van der Waals surface area (Å²) >= 11 is -0.346. The Balaban J connectivity index is 0.000000438. The fourth-order valence-corrected chi connectivity index (χ4v) is 3.63. The summed E-state index contributed by atoms with van der Waals surface area (Å²) in [7, 11) is 9.71. The third-order valence-corrected chi connectivity index (χ3v) is 8.74. The van der Waals surface area contributed by atoms with Gasteiger partial charge in [0.2, 0.25) is 0 Å². The molecule has 2 aliphatic rings. The van der Waals surface area contributed by atoms with Crippen molar-refractivity contribution in [1.29, 1.82) is 0 Å². The third-order valence-electron chi connectivity index (χ3n) is 8.74. The van der Waals surface area contributed by atoms with E-state index in [1.165, 1.54) is 11.8 Å². The van der Waals surface area contributed by atoms with Crippen LogP contribution in [0.3, 0.4) is 0 Å². The molecule has 0 nitrogen and oxygen atoms in total. The molecular weight excluding hydrogens is 460 g/mol. The van der Waals surface area contributed by atoms with Gasteiger partial charge in [-0.1, -0.05) is 103 Å². The van der Waals surface area contributed by atoms with Crippen molar-refractivity contribution in [2.45, 2.75) is 83.1 Å². The molecule has 0 fully saturated rings. The predicted octanol–water partition coefficient (Wildman–Crippen LogP) is 9.05. The van der Waals surface area contributed by atoms with Crippen LogP contribution in [0.4, 0.5) is 0 Å². The monoisotopic (exact) mass is 502 g/mol. The first-order valence-corrected chi connectivity index (χ1v) is 14.4. The molecule has 0 saturated carbocycles. The number of rotatable bonds is 0. The second-order valence-corrected chi connectivity index (χ2v) is 13.0. The number of halogens is 2. The van der Waals surface area contributed by atoms with Crippen molar-refractivity contribution in [2.24, 2.45) is 33.5 Å². The maximum atomic E-state index is 4.85. The van der Waals surface area contributed by atoms with Gasteiger partial charge in [-0.2, -0.15) is 0 Å². The van der Waals surface area contributed by atoms with Gasteiger partial charge in [0.15, 0.2) is 0 Å². The molecule has 0 bridgehead atoms. The molecule has 27 heavy (non-hydrogen) atoms. The molecule has 0 aromatic rings. The summed E-state index contributed by atoms with van der Waals surface area (Å²) in [5.41, 5.74) is 1.43. The van der Waals surface area contributed by atoms with E-state index in [-0.39, 0.29) is 15.1 Å². The van der Waals surface area contributed by atoms with Gasteiger partial charge in [0.25, 0.3) is 0 Å². The van der Waals surface area contributed by atoms with E-state index in [2.05, 4.69) is 107 Å². The van der Waals surface area contributed by atoms with Gasteiger partial charge in [0, 0.05) is 0 Å². The van der Waals surface area contributed by atoms with E-state index in [0.717, 1.165) is 0 Å². The number of hydrogen-bond donors (Lipinski definition) is 0. The van der Waals surface area contributed by atoms with Crippen molar-refractivity contribution in [3.05, 3.63) is 36.1 Å². The first-order valence-electron chi connectivity index (χ1n) is 9.91. The molecule has 0 amide bonds. The van der Waals surface area contributed by atoms with Gasteiger partial charge in [-0.05, 0) is 0 Å². The Kier molecular flexibility index (Phi) is 10.1. The van der Waals surface area contributed by atoms with E-state index >= 15 is 0 Å². The Morgan fingerprint density at radius 2 is 0.889 bits per heavy atom. The molecule has 0 saturated heterocycles. The first-order chi connectivity index (χ1) is 12.0. The second kappa shape index (κ2) is 9.95. The minimum absolute atomic E-state index is 0.334. The predicted molar refractivity (Wildman–Crippen MR) is 121 cm³/mol. The van der Waals surface area contributed by atoms with E-state index in [1.807, 2.05) is 0 Å². The molecule has 2 aliphatic carbocycles. The molecule has 160 valence electrons. The normalized spacial score (nSPS) is 29.3. The first kappa shape index (κ1) is 27.4. The van der Waals surface area contributed by atoms with E-state index in [1.54, 1.807) is 0 Å². The molecule has 0 N–H and O–H groups in total. The van der Waals surface area contributed by atoms with Crippen molar-refractivity contribution >= 4 is 19.4 Å². The average Bonchev–Trinajstić information content (AvgIpc) is 2.55. The van der Waals surface area contributed by atoms with Gasteiger partial charge in [-0.15, -0.1) is 13.8 Å². The van der Waals surface area contributed by atoms with Crippen LogP contribution in [0.5, 0.6) is 0 Å². The average molecular weight is 503 g/mol. The van der Waals surface area contributed by atoms with E-state index in [9.17, 15) is 0 Å². The van der Waals surface area contributed by atoms with E-state index < -0.39 is 0 Å². The summed E-state index contributed by atoms with van der Waals surface area (Å²) in [6.07, 6.45) is 9.24. The molecule has 0 heterocycles. The van der Waals surface area contributed by atoms with Gasteiger partial charge in [0.1, 0.15) is 0 Å². The molecule has 0 aromatic carbocycles. The molecule has 0 aliphatic heterocycles. The molecule has 0 radical (unpaired) electrons. The summed E-state index contributed by atoms with van der Waals surface area (Å²) in [6.45, 7) is 28.0. The van der Waals surface area contributed by atoms with Gasteiger partial charge < -0.3 is 0 Å². The molecule has 0 spiro atoms. The Labute approximate surface area is 186 Å². The molecule has 3 heteroatoms. The standard InChI is InChI=1S/2C12H21.2ClH.Ru/c2*1-9-7-8-10(2)12(5,6)11(9,3)4;;;/h2*7-9H,1-6H3;2*1H;/q2*-1;;;+4/p-2. The molecular formula is C24H42Cl2Ru. The fraction of sp³-hybridized carbons (Fsp3) is 0.750. The van der Waals surface area contributed by atoms with Crippen LogP contribution in [0, 0.1) is 45.3 Å². The van der Waals surface area contributed by atoms with Crippen molar-refractivity contribution in [3.8, 4) is 0 Å². The molecule has 2 atom stereocenters. The van der Waals surface area contributed by atoms with Crippen LogP contribution in [0.2, 0.25) is 0 Å². The van der Waals surface area contributed by atoms with Crippen LogP contribution in [-0.2, 0) is 15.1 Å². The summed E-state index contributed by atoms with van der Waals surface area (Å²) < 4.78 is 0. The van der Waals surface area contributed by atoms with Crippen molar-refractivity contribution in [1.82, 2.24) is 0 Å². The number of hydrogen-bond acceptors (Lipinski definition) is 0. The topological polar surface area (TPSA) is 0 Å². The zero-order chi connectivity index (χ0) is 21.8. The minimum atomic E-state index is -0.346. The Bertz CT molecular complexity index is 424. The van der Waals surface area contributed by atoms with Crippen LogP contribution in [-0.4, -0.2) is 0 Å². The third kappa shape index (κ3) is 5.74. The van der Waals surface area contributed by atoms with Gasteiger partial charge >= 0.3 is 34.5 Å². The van der Waals surface area contributed by atoms with Crippen molar-refractivity contribution in [3.63, 3.8) is 0 Å². The summed E-state index contributed by atoms with van der Waals surface area (Å²) in [5, 5.41) is 0. The zero-order valence-electron chi connectivity index (χ0n) is 19.6. The summed E-state index contributed by atoms with van der Waals surface area (Å²) in [6, 6.07) is 0. The van der Waals surface area contributed by atoms with Crippen LogP contribution < -0.4 is 0 Å². The number of allylic oxidation sites excluding steroid dienone is 4. The van der Waals surface area contributed by atoms with Crippen LogP contribution >= 0.6 is 19.4 Å². The van der Waals surface area contributed by atoms with Crippen molar-refractivity contribution in [2.75, 3.05) is 0 Å². The quantitative estimate of drug-likeness (QED) is 0.229. The van der Waals surface area contributed by atoms with E-state index in [4.69, 9.17) is 19.4 Å². The Morgan fingerprint density at radius 1 is 0.667 bits per heavy atom. The van der Waals surface area contributed by atoms with E-state index in [0.29, 0.717) is 33.5 Å². The van der Waals surface area contributed by atoms with Gasteiger partial charge in [0.05, 0.1) is 0 Å². The van der Waals surface area contributed by atoms with Gasteiger partial charge in [-0.3, -0.25) is 0 Å². The summed E-state index contributed by atoms with van der Waals surface area (Å²) in [4.78, 5) is 0. The van der Waals surface area contributed by atoms with Crippen LogP contribution in [0.15, 0.2) is 24.3 Å². The zero-order valence-corrected chi connectivity index (χ0v) is 22.8. The van der Waals surface area contributed by atoms with Crippen LogP contribution in [0.1, 0.15) is 83.1 Å². The Hall–Kier alpha value is 0.423. The maximum absolute atomic E-state index is 4.85. The molecule has 2 rings (SSSR count). The SMILES string of the molecule is C[C-]1C=CC(C)C(C)(C)C1(C)C.C[C-]1C=CC(C)C(C)(C)C1(C)C.[Cl][Ru+2][Cl]. The van der Waals surface area contributed by atoms with Gasteiger partial charge in [-0.25, -0.2) is 36.1 Å². The fourth-order valence-electron chi connectivity index (χ4n) is 3.63. The molecule has 0 aromatic heterocycles. The Morgan fingerprint density at radius 3 is 1.07 bits per heavy atom. The second-order valence-electron chi connectivity index (χ2n) is 10.4.